The van der Waals surface area contributed by atoms with E-state index in [9.17, 15) is 9.59 Å². The number of rotatable bonds is 7. The number of nitrogens with zero attached hydrogens (tertiary/aromatic N) is 3. The van der Waals surface area contributed by atoms with Gasteiger partial charge in [0.15, 0.2) is 5.78 Å². The second-order valence-corrected chi connectivity index (χ2v) is 10.5. The van der Waals surface area contributed by atoms with Gasteiger partial charge in [-0.25, -0.2) is 4.79 Å². The summed E-state index contributed by atoms with van der Waals surface area (Å²) >= 11 is 0. The Morgan fingerprint density at radius 2 is 1.59 bits per heavy atom. The molecule has 0 unspecified atom stereocenters. The molecule has 5 rings (SSSR count). The van der Waals surface area contributed by atoms with E-state index in [0.717, 1.165) is 36.8 Å². The second-order valence-electron chi connectivity index (χ2n) is 10.5. The highest BCUT2D eigenvalue weighted by Crippen LogP contribution is 2.40. The van der Waals surface area contributed by atoms with Gasteiger partial charge < -0.3 is 19.4 Å². The number of urea groups is 1. The van der Waals surface area contributed by atoms with Gasteiger partial charge in [0, 0.05) is 31.9 Å². The van der Waals surface area contributed by atoms with Crippen LogP contribution in [-0.4, -0.2) is 59.9 Å². The lowest BCUT2D eigenvalue weighted by Crippen LogP contribution is -2.70. The van der Waals surface area contributed by atoms with Crippen LogP contribution in [0.3, 0.4) is 0 Å². The first kappa shape index (κ1) is 22.8. The van der Waals surface area contributed by atoms with Crippen LogP contribution in [0, 0.1) is 11.8 Å². The number of ketones is 1. The summed E-state index contributed by atoms with van der Waals surface area (Å²) in [5.41, 5.74) is 0.486. The van der Waals surface area contributed by atoms with Crippen LogP contribution >= 0.6 is 0 Å². The fourth-order valence-electron chi connectivity index (χ4n) is 5.32. The average molecular weight is 462 g/mol. The molecule has 2 amide bonds. The van der Waals surface area contributed by atoms with Gasteiger partial charge in [-0.15, -0.1) is 0 Å². The van der Waals surface area contributed by atoms with E-state index >= 15 is 0 Å². The lowest BCUT2D eigenvalue weighted by Gasteiger charge is -2.53. The van der Waals surface area contributed by atoms with Gasteiger partial charge in [0.1, 0.15) is 17.0 Å². The third kappa shape index (κ3) is 4.63. The second kappa shape index (κ2) is 9.32. The summed E-state index contributed by atoms with van der Waals surface area (Å²) in [6.07, 6.45) is 3.73. The quantitative estimate of drug-likeness (QED) is 0.569. The van der Waals surface area contributed by atoms with Gasteiger partial charge in [-0.05, 0) is 73.9 Å². The molecule has 2 heterocycles. The predicted molar refractivity (Wildman–Crippen MR) is 133 cm³/mol. The van der Waals surface area contributed by atoms with Gasteiger partial charge in [-0.2, -0.15) is 0 Å². The number of benzene rings is 2. The third-order valence-electron chi connectivity index (χ3n) is 7.37. The maximum atomic E-state index is 13.5. The van der Waals surface area contributed by atoms with Gasteiger partial charge >= 0.3 is 6.03 Å². The molecule has 180 valence electrons. The minimum atomic E-state index is -0.639. The molecule has 2 saturated heterocycles. The Kier molecular flexibility index (Phi) is 6.24. The molecule has 34 heavy (non-hydrogen) atoms. The maximum Gasteiger partial charge on any atom is 0.321 e. The molecule has 6 heteroatoms. The number of piperidine rings is 1. The smallest absolute Gasteiger partial charge is 0.321 e. The van der Waals surface area contributed by atoms with Crippen molar-refractivity contribution in [3.05, 3.63) is 54.6 Å². The molecule has 0 N–H and O–H groups in total. The molecular weight excluding hydrogens is 426 g/mol. The van der Waals surface area contributed by atoms with Gasteiger partial charge in [0.2, 0.25) is 0 Å². The molecule has 1 aliphatic carbocycles. The number of hydrogen-bond donors (Lipinski definition) is 0. The molecule has 0 radical (unpaired) electrons. The zero-order chi connectivity index (χ0) is 23.7. The van der Waals surface area contributed by atoms with Crippen LogP contribution in [0.5, 0.6) is 11.5 Å². The van der Waals surface area contributed by atoms with Gasteiger partial charge in [-0.3, -0.25) is 4.79 Å². The Labute approximate surface area is 202 Å². The van der Waals surface area contributed by atoms with E-state index in [4.69, 9.17) is 4.74 Å². The number of anilines is 1. The molecule has 0 atom stereocenters. The molecule has 3 aliphatic rings. The number of carbonyl (C=O) groups excluding carboxylic acids is 2. The summed E-state index contributed by atoms with van der Waals surface area (Å²) in [6, 6.07) is 18.0. The minimum Gasteiger partial charge on any atom is -0.457 e. The van der Waals surface area contributed by atoms with E-state index in [1.54, 1.807) is 4.90 Å². The van der Waals surface area contributed by atoms with Crippen LogP contribution in [0.4, 0.5) is 10.5 Å². The number of Topliss-reactive ketones (excluding diaryl/α,β-unsaturated/α-hetero) is 1. The molecule has 3 fully saturated rings. The molecule has 2 aromatic carbocycles. The summed E-state index contributed by atoms with van der Waals surface area (Å²) in [4.78, 5) is 33.0. The van der Waals surface area contributed by atoms with E-state index in [0.29, 0.717) is 31.2 Å². The lowest BCUT2D eigenvalue weighted by atomic mass is 9.79. The third-order valence-corrected chi connectivity index (χ3v) is 7.37. The van der Waals surface area contributed by atoms with Crippen molar-refractivity contribution in [2.75, 3.05) is 37.6 Å². The van der Waals surface area contributed by atoms with Gasteiger partial charge in [0.05, 0.1) is 6.54 Å². The largest absolute Gasteiger partial charge is 0.457 e. The molecule has 0 bridgehead atoms. The fraction of sp³-hybridized carbons (Fsp3) is 0.500. The fourth-order valence-corrected chi connectivity index (χ4v) is 5.32. The first-order valence-electron chi connectivity index (χ1n) is 12.6. The van der Waals surface area contributed by atoms with Crippen molar-refractivity contribution in [3.8, 4) is 11.5 Å². The first-order chi connectivity index (χ1) is 16.4. The van der Waals surface area contributed by atoms with E-state index in [-0.39, 0.29) is 18.4 Å². The van der Waals surface area contributed by atoms with Crippen LogP contribution in [-0.2, 0) is 4.79 Å². The molecule has 1 saturated carbocycles. The molecule has 2 aromatic rings. The first-order valence-corrected chi connectivity index (χ1v) is 12.6. The van der Waals surface area contributed by atoms with Crippen molar-refractivity contribution in [2.24, 2.45) is 11.8 Å². The normalized spacial score (nSPS) is 20.4. The topological polar surface area (TPSA) is 53.1 Å². The van der Waals surface area contributed by atoms with Crippen molar-refractivity contribution in [3.63, 3.8) is 0 Å². The van der Waals surface area contributed by atoms with Crippen molar-refractivity contribution >= 4 is 17.5 Å². The highest BCUT2D eigenvalue weighted by molar-refractivity contribution is 5.99. The minimum absolute atomic E-state index is 0.0658. The van der Waals surface area contributed by atoms with E-state index < -0.39 is 5.54 Å². The number of ether oxygens (including phenoxy) is 1. The SMILES string of the molecule is CC(C)CN1CC(=O)C2(CCN(c3ccc(Oc4ccccc4)cc3)CC2)N(CC2CC2)C1=O. The Bertz CT molecular complexity index is 1010. The predicted octanol–water partition coefficient (Wildman–Crippen LogP) is 5.19. The summed E-state index contributed by atoms with van der Waals surface area (Å²) in [5.74, 6) is 2.75. The Morgan fingerprint density at radius 1 is 0.941 bits per heavy atom. The molecule has 2 aliphatic heterocycles. The summed E-state index contributed by atoms with van der Waals surface area (Å²) in [5, 5.41) is 0. The van der Waals surface area contributed by atoms with Gasteiger partial charge in [-0.1, -0.05) is 32.0 Å². The van der Waals surface area contributed by atoms with E-state index in [2.05, 4.69) is 30.9 Å². The molecule has 0 aromatic heterocycles. The number of carbonyl (C=O) groups is 2. The lowest BCUT2D eigenvalue weighted by molar-refractivity contribution is -0.136. The summed E-state index contributed by atoms with van der Waals surface area (Å²) < 4.78 is 5.92. The standard InChI is InChI=1S/C28H35N3O3/c1-21(2)18-30-20-26(32)28(31(27(30)33)19-22-8-9-22)14-16-29(17-15-28)23-10-12-25(13-11-23)34-24-6-4-3-5-7-24/h3-7,10-13,21-22H,8-9,14-20H2,1-2H3. The maximum absolute atomic E-state index is 13.5. The molecule has 1 spiro atoms. The van der Waals surface area contributed by atoms with E-state index in [1.807, 2.05) is 47.4 Å². The zero-order valence-electron chi connectivity index (χ0n) is 20.3. The van der Waals surface area contributed by atoms with Crippen LogP contribution in [0.2, 0.25) is 0 Å². The molecule has 6 nitrogen and oxygen atoms in total. The number of para-hydroxylation sites is 1. The Morgan fingerprint density at radius 3 is 2.21 bits per heavy atom. The Balaban J connectivity index is 1.27. The monoisotopic (exact) mass is 461 g/mol. The summed E-state index contributed by atoms with van der Waals surface area (Å²) in [6.45, 7) is 7.36. The summed E-state index contributed by atoms with van der Waals surface area (Å²) in [7, 11) is 0. The van der Waals surface area contributed by atoms with E-state index in [1.165, 1.54) is 12.8 Å². The van der Waals surface area contributed by atoms with Gasteiger partial charge in [0.25, 0.3) is 0 Å². The van der Waals surface area contributed by atoms with Crippen LogP contribution in [0.25, 0.3) is 0 Å². The average Bonchev–Trinajstić information content (AvgIpc) is 3.66. The van der Waals surface area contributed by atoms with Crippen molar-refractivity contribution < 1.29 is 14.3 Å². The van der Waals surface area contributed by atoms with Crippen LogP contribution < -0.4 is 9.64 Å². The van der Waals surface area contributed by atoms with Crippen molar-refractivity contribution in [1.29, 1.82) is 0 Å². The van der Waals surface area contributed by atoms with Crippen LogP contribution in [0.15, 0.2) is 54.6 Å². The zero-order valence-corrected chi connectivity index (χ0v) is 20.3. The number of amides is 2. The van der Waals surface area contributed by atoms with Crippen molar-refractivity contribution in [1.82, 2.24) is 9.80 Å². The number of hydrogen-bond acceptors (Lipinski definition) is 4. The molecular formula is C28H35N3O3. The van der Waals surface area contributed by atoms with Crippen molar-refractivity contribution in [2.45, 2.75) is 45.1 Å². The Hall–Kier alpha value is -3.02. The highest BCUT2D eigenvalue weighted by Gasteiger charge is 2.53. The van der Waals surface area contributed by atoms with Crippen LogP contribution in [0.1, 0.15) is 39.5 Å². The highest BCUT2D eigenvalue weighted by atomic mass is 16.5.